The van der Waals surface area contributed by atoms with Gasteiger partial charge in [-0.3, -0.25) is 0 Å². The molecule has 1 aromatic rings. The fourth-order valence-corrected chi connectivity index (χ4v) is 2.61. The molecule has 0 radical (unpaired) electrons. The van der Waals surface area contributed by atoms with Crippen molar-refractivity contribution in [2.24, 2.45) is 0 Å². The minimum absolute atomic E-state index is 0.214. The van der Waals surface area contributed by atoms with Crippen molar-refractivity contribution in [3.63, 3.8) is 0 Å². The summed E-state index contributed by atoms with van der Waals surface area (Å²) in [6.45, 7) is 12.3. The van der Waals surface area contributed by atoms with E-state index in [2.05, 4.69) is 55.7 Å². The molecule has 0 saturated carbocycles. The molecule has 112 valence electrons. The van der Waals surface area contributed by atoms with Crippen LogP contribution in [0.2, 0.25) is 0 Å². The lowest BCUT2D eigenvalue weighted by atomic mass is 9.93. The number of nitriles is 1. The van der Waals surface area contributed by atoms with Gasteiger partial charge in [0.1, 0.15) is 0 Å². The summed E-state index contributed by atoms with van der Waals surface area (Å²) in [5.41, 5.74) is 3.20. The molecule has 21 heavy (non-hydrogen) atoms. The van der Waals surface area contributed by atoms with Crippen LogP contribution in [0.25, 0.3) is 0 Å². The summed E-state index contributed by atoms with van der Waals surface area (Å²) < 4.78 is 0. The second-order valence-electron chi connectivity index (χ2n) is 5.87. The molecular weight excluding hydrogens is 276 g/mol. The zero-order valence-electron chi connectivity index (χ0n) is 13.4. The van der Waals surface area contributed by atoms with Gasteiger partial charge in [-0.25, -0.2) is 0 Å². The van der Waals surface area contributed by atoms with Crippen molar-refractivity contribution < 1.29 is 0 Å². The normalized spacial score (nSPS) is 10.8. The standard InChI is InChI=1S/C18H24N2S/c1-14(2)18(4,5)20(15(3)21)17-11-9-16(10-12-17)8-6-7-13-19/h9-12H,1,6-8H2,2-5H3. The highest BCUT2D eigenvalue weighted by molar-refractivity contribution is 7.80. The number of anilines is 1. The minimum atomic E-state index is -0.214. The number of rotatable bonds is 6. The summed E-state index contributed by atoms with van der Waals surface area (Å²) in [5, 5.41) is 8.58. The third kappa shape index (κ3) is 4.41. The van der Waals surface area contributed by atoms with Gasteiger partial charge in [-0.2, -0.15) is 5.26 Å². The van der Waals surface area contributed by atoms with Crippen molar-refractivity contribution in [2.75, 3.05) is 4.90 Å². The Morgan fingerprint density at radius 3 is 2.29 bits per heavy atom. The van der Waals surface area contributed by atoms with E-state index in [0.29, 0.717) is 6.42 Å². The number of thiocarbonyl (C=S) groups is 1. The van der Waals surface area contributed by atoms with Crippen LogP contribution in [0, 0.1) is 11.3 Å². The first-order valence-corrected chi connectivity index (χ1v) is 7.64. The Morgan fingerprint density at radius 1 is 1.29 bits per heavy atom. The van der Waals surface area contributed by atoms with E-state index < -0.39 is 0 Å². The van der Waals surface area contributed by atoms with Gasteiger partial charge in [0.25, 0.3) is 0 Å². The lowest BCUT2D eigenvalue weighted by molar-refractivity contribution is 0.605. The van der Waals surface area contributed by atoms with Crippen molar-refractivity contribution >= 4 is 22.9 Å². The quantitative estimate of drug-likeness (QED) is 0.418. The van der Waals surface area contributed by atoms with Gasteiger partial charge in [-0.05, 0) is 58.2 Å². The molecule has 0 bridgehead atoms. The predicted octanol–water partition coefficient (Wildman–Crippen LogP) is 5.04. The Bertz CT molecular complexity index is 550. The molecule has 0 spiro atoms. The van der Waals surface area contributed by atoms with Gasteiger partial charge in [0.15, 0.2) is 0 Å². The number of nitrogens with zero attached hydrogens (tertiary/aromatic N) is 2. The van der Waals surface area contributed by atoms with Crippen LogP contribution < -0.4 is 4.90 Å². The highest BCUT2D eigenvalue weighted by Gasteiger charge is 2.29. The fourth-order valence-electron chi connectivity index (χ4n) is 2.27. The zero-order chi connectivity index (χ0) is 16.0. The van der Waals surface area contributed by atoms with Gasteiger partial charge in [0.05, 0.1) is 16.6 Å². The lowest BCUT2D eigenvalue weighted by Crippen LogP contribution is -2.47. The first-order valence-electron chi connectivity index (χ1n) is 7.23. The van der Waals surface area contributed by atoms with Crippen LogP contribution in [-0.4, -0.2) is 10.5 Å². The SMILES string of the molecule is C=C(C)C(C)(C)N(C(C)=S)c1ccc(CCCC#N)cc1. The predicted molar refractivity (Wildman–Crippen MR) is 94.6 cm³/mol. The summed E-state index contributed by atoms with van der Waals surface area (Å²) in [7, 11) is 0. The Kier molecular flexibility index (Phi) is 6.11. The highest BCUT2D eigenvalue weighted by atomic mass is 32.1. The molecule has 3 heteroatoms. The average Bonchev–Trinajstić information content (AvgIpc) is 2.40. The molecule has 0 amide bonds. The number of benzene rings is 1. The first-order chi connectivity index (χ1) is 9.80. The summed E-state index contributed by atoms with van der Waals surface area (Å²) in [6.07, 6.45) is 2.45. The van der Waals surface area contributed by atoms with Gasteiger partial charge >= 0.3 is 0 Å². The smallest absolute Gasteiger partial charge is 0.0799 e. The largest absolute Gasteiger partial charge is 0.327 e. The van der Waals surface area contributed by atoms with Crippen LogP contribution in [0.3, 0.4) is 0 Å². The topological polar surface area (TPSA) is 27.0 Å². The van der Waals surface area contributed by atoms with E-state index in [1.165, 1.54) is 5.56 Å². The van der Waals surface area contributed by atoms with Crippen LogP contribution in [-0.2, 0) is 6.42 Å². The molecule has 0 unspecified atom stereocenters. The summed E-state index contributed by atoms with van der Waals surface area (Å²) in [5.74, 6) is 0. The molecule has 0 aliphatic heterocycles. The van der Waals surface area contributed by atoms with Crippen molar-refractivity contribution in [3.05, 3.63) is 42.0 Å². The van der Waals surface area contributed by atoms with Gasteiger partial charge in [-0.15, -0.1) is 0 Å². The molecule has 0 saturated heterocycles. The first kappa shape index (κ1) is 17.4. The van der Waals surface area contributed by atoms with E-state index in [9.17, 15) is 0 Å². The molecule has 0 aliphatic carbocycles. The van der Waals surface area contributed by atoms with Gasteiger partial charge < -0.3 is 4.90 Å². The second-order valence-corrected chi connectivity index (χ2v) is 6.46. The third-order valence-electron chi connectivity index (χ3n) is 3.87. The molecule has 0 aromatic heterocycles. The second kappa shape index (κ2) is 7.38. The van der Waals surface area contributed by atoms with E-state index in [1.807, 2.05) is 13.8 Å². The van der Waals surface area contributed by atoms with Gasteiger partial charge in [-0.1, -0.05) is 36.5 Å². The van der Waals surface area contributed by atoms with E-state index >= 15 is 0 Å². The maximum Gasteiger partial charge on any atom is 0.0799 e. The number of hydrogen-bond acceptors (Lipinski definition) is 2. The maximum absolute atomic E-state index is 8.58. The van der Waals surface area contributed by atoms with Crippen LogP contribution >= 0.6 is 12.2 Å². The van der Waals surface area contributed by atoms with E-state index in [1.54, 1.807) is 0 Å². The monoisotopic (exact) mass is 300 g/mol. The van der Waals surface area contributed by atoms with Gasteiger partial charge in [0, 0.05) is 12.1 Å². The Morgan fingerprint density at radius 2 is 1.86 bits per heavy atom. The van der Waals surface area contributed by atoms with Crippen molar-refractivity contribution in [3.8, 4) is 6.07 Å². The average molecular weight is 300 g/mol. The van der Waals surface area contributed by atoms with E-state index in [4.69, 9.17) is 17.5 Å². The molecule has 1 aromatic carbocycles. The number of unbranched alkanes of at least 4 members (excludes halogenated alkanes) is 1. The highest BCUT2D eigenvalue weighted by Crippen LogP contribution is 2.30. The molecule has 0 heterocycles. The molecule has 0 atom stereocenters. The fraction of sp³-hybridized carbons (Fsp3) is 0.444. The number of hydrogen-bond donors (Lipinski definition) is 0. The van der Waals surface area contributed by atoms with Crippen LogP contribution in [0.5, 0.6) is 0 Å². The summed E-state index contributed by atoms with van der Waals surface area (Å²) >= 11 is 5.43. The number of aryl methyl sites for hydroxylation is 1. The summed E-state index contributed by atoms with van der Waals surface area (Å²) in [6, 6.07) is 10.6. The Hall–Kier alpha value is -1.66. The Labute approximate surface area is 134 Å². The van der Waals surface area contributed by atoms with Crippen LogP contribution in [0.15, 0.2) is 36.4 Å². The van der Waals surface area contributed by atoms with Crippen LogP contribution in [0.1, 0.15) is 46.1 Å². The molecule has 1 rings (SSSR count). The molecule has 0 aliphatic rings. The minimum Gasteiger partial charge on any atom is -0.327 e. The van der Waals surface area contributed by atoms with Crippen molar-refractivity contribution in [1.29, 1.82) is 5.26 Å². The zero-order valence-corrected chi connectivity index (χ0v) is 14.3. The third-order valence-corrected chi connectivity index (χ3v) is 4.05. The van der Waals surface area contributed by atoms with Crippen molar-refractivity contribution in [2.45, 2.75) is 52.5 Å². The van der Waals surface area contributed by atoms with Gasteiger partial charge in [0.2, 0.25) is 0 Å². The maximum atomic E-state index is 8.58. The lowest BCUT2D eigenvalue weighted by Gasteiger charge is -2.40. The van der Waals surface area contributed by atoms with E-state index in [0.717, 1.165) is 29.1 Å². The molecule has 0 fully saturated rings. The molecule has 2 nitrogen and oxygen atoms in total. The van der Waals surface area contributed by atoms with Crippen LogP contribution in [0.4, 0.5) is 5.69 Å². The molecule has 0 N–H and O–H groups in total. The van der Waals surface area contributed by atoms with E-state index in [-0.39, 0.29) is 5.54 Å². The molecular formula is C18H24N2S. The van der Waals surface area contributed by atoms with Crippen molar-refractivity contribution in [1.82, 2.24) is 0 Å². The Balaban J connectivity index is 2.99. The summed E-state index contributed by atoms with van der Waals surface area (Å²) in [4.78, 5) is 2.98.